The number of hydrogen-bond donors (Lipinski definition) is 2. The summed E-state index contributed by atoms with van der Waals surface area (Å²) in [6.07, 6.45) is -0.0143. The maximum Gasteiger partial charge on any atom is 0.290 e. The van der Waals surface area contributed by atoms with Crippen molar-refractivity contribution in [2.75, 3.05) is 6.54 Å². The lowest BCUT2D eigenvalue weighted by molar-refractivity contribution is -0.387. The first-order valence-corrected chi connectivity index (χ1v) is 9.55. The molecular formula is C16H23N3O6S. The number of carbonyl (C=O) groups excluding carboxylic acids is 2. The molecule has 0 aromatic heterocycles. The average molecular weight is 385 g/mol. The van der Waals surface area contributed by atoms with E-state index in [0.29, 0.717) is 0 Å². The van der Waals surface area contributed by atoms with Crippen LogP contribution in [0.3, 0.4) is 0 Å². The van der Waals surface area contributed by atoms with Crippen LogP contribution in [0.15, 0.2) is 23.1 Å². The molecule has 1 amide bonds. The maximum absolute atomic E-state index is 12.3. The zero-order valence-corrected chi connectivity index (χ0v) is 15.9. The van der Waals surface area contributed by atoms with Gasteiger partial charge in [-0.25, -0.2) is 13.1 Å². The van der Waals surface area contributed by atoms with Gasteiger partial charge < -0.3 is 5.32 Å². The van der Waals surface area contributed by atoms with Gasteiger partial charge in [-0.3, -0.25) is 19.7 Å². The average Bonchev–Trinajstić information content (AvgIpc) is 2.53. The molecule has 2 N–H and O–H groups in total. The summed E-state index contributed by atoms with van der Waals surface area (Å²) in [5, 5.41) is 13.8. The quantitative estimate of drug-likeness (QED) is 0.490. The molecule has 1 rings (SSSR count). The summed E-state index contributed by atoms with van der Waals surface area (Å²) in [7, 11) is -4.20. The Morgan fingerprint density at radius 3 is 2.31 bits per heavy atom. The minimum absolute atomic E-state index is 0.0143. The summed E-state index contributed by atoms with van der Waals surface area (Å²) >= 11 is 0. The van der Waals surface area contributed by atoms with Crippen molar-refractivity contribution in [2.24, 2.45) is 5.92 Å². The largest absolute Gasteiger partial charge is 0.350 e. The van der Waals surface area contributed by atoms with Crippen molar-refractivity contribution in [2.45, 2.75) is 45.1 Å². The van der Waals surface area contributed by atoms with Gasteiger partial charge in [0.1, 0.15) is 5.78 Å². The third-order valence-electron chi connectivity index (χ3n) is 3.43. The molecule has 144 valence electrons. The fourth-order valence-corrected chi connectivity index (χ4v) is 3.23. The Hall–Kier alpha value is -2.33. The van der Waals surface area contributed by atoms with E-state index in [-0.39, 0.29) is 36.3 Å². The molecule has 0 aliphatic rings. The number of ketones is 1. The molecule has 10 heteroatoms. The van der Waals surface area contributed by atoms with E-state index in [9.17, 15) is 28.1 Å². The predicted molar refractivity (Wildman–Crippen MR) is 95.3 cm³/mol. The van der Waals surface area contributed by atoms with Crippen LogP contribution in [0.25, 0.3) is 0 Å². The molecule has 26 heavy (non-hydrogen) atoms. The molecule has 0 aliphatic heterocycles. The molecule has 0 aliphatic carbocycles. The van der Waals surface area contributed by atoms with Crippen LogP contribution in [0.5, 0.6) is 0 Å². The fraction of sp³-hybridized carbons (Fsp3) is 0.500. The van der Waals surface area contributed by atoms with E-state index < -0.39 is 31.4 Å². The molecule has 9 nitrogen and oxygen atoms in total. The third-order valence-corrected chi connectivity index (χ3v) is 4.94. The van der Waals surface area contributed by atoms with Crippen LogP contribution < -0.4 is 10.0 Å². The van der Waals surface area contributed by atoms with Crippen LogP contribution >= 0.6 is 0 Å². The van der Waals surface area contributed by atoms with Gasteiger partial charge in [0, 0.05) is 36.6 Å². The van der Waals surface area contributed by atoms with E-state index in [2.05, 4.69) is 10.0 Å². The monoisotopic (exact) mass is 385 g/mol. The molecule has 0 saturated heterocycles. The predicted octanol–water partition coefficient (Wildman–Crippen LogP) is 1.63. The number of carbonyl (C=O) groups is 2. The minimum Gasteiger partial charge on any atom is -0.350 e. The first kappa shape index (κ1) is 21.7. The Labute approximate surface area is 152 Å². The van der Waals surface area contributed by atoms with Gasteiger partial charge in [0.05, 0.1) is 4.92 Å². The fourth-order valence-electron chi connectivity index (χ4n) is 2.05. The third kappa shape index (κ3) is 5.88. The van der Waals surface area contributed by atoms with Gasteiger partial charge >= 0.3 is 0 Å². The van der Waals surface area contributed by atoms with Crippen molar-refractivity contribution in [1.29, 1.82) is 0 Å². The van der Waals surface area contributed by atoms with Crippen LogP contribution in [-0.2, 0) is 14.8 Å². The molecule has 1 aromatic carbocycles. The number of amides is 1. The molecule has 0 unspecified atom stereocenters. The normalized spacial score (nSPS) is 11.6. The molecule has 0 fully saturated rings. The maximum atomic E-state index is 12.3. The van der Waals surface area contributed by atoms with Crippen molar-refractivity contribution in [3.05, 3.63) is 33.9 Å². The number of nitrogens with zero attached hydrogens (tertiary/aromatic N) is 1. The molecule has 1 aromatic rings. The molecule has 0 heterocycles. The molecule has 0 atom stereocenters. The molecule has 0 bridgehead atoms. The highest BCUT2D eigenvalue weighted by atomic mass is 32.2. The summed E-state index contributed by atoms with van der Waals surface area (Å²) in [6.45, 7) is 6.69. The van der Waals surface area contributed by atoms with Gasteiger partial charge in [-0.05, 0) is 26.0 Å². The highest BCUT2D eigenvalue weighted by Crippen LogP contribution is 2.25. The van der Waals surface area contributed by atoms with E-state index in [0.717, 1.165) is 12.1 Å². The standard InChI is InChI=1S/C16H23N3O6S/c1-10(2)14(20)7-8-17-26(24,25)15-6-5-12(9-13(15)19(22)23)16(21)18-11(3)4/h5-6,9-11,17H,7-8H2,1-4H3,(H,18,21). The van der Waals surface area contributed by atoms with Crippen molar-refractivity contribution < 1.29 is 22.9 Å². The van der Waals surface area contributed by atoms with Gasteiger partial charge in [-0.2, -0.15) is 0 Å². The van der Waals surface area contributed by atoms with Crippen LogP contribution in [0.1, 0.15) is 44.5 Å². The second-order valence-corrected chi connectivity index (χ2v) is 8.07. The Morgan fingerprint density at radius 2 is 1.81 bits per heavy atom. The number of nitrogens with one attached hydrogen (secondary N) is 2. The molecule has 0 saturated carbocycles. The highest BCUT2D eigenvalue weighted by Gasteiger charge is 2.27. The van der Waals surface area contributed by atoms with Crippen molar-refractivity contribution in [3.8, 4) is 0 Å². The van der Waals surface area contributed by atoms with Crippen LogP contribution in [0, 0.1) is 16.0 Å². The van der Waals surface area contributed by atoms with Gasteiger partial charge in [-0.1, -0.05) is 13.8 Å². The van der Waals surface area contributed by atoms with E-state index in [4.69, 9.17) is 0 Å². The zero-order chi connectivity index (χ0) is 20.1. The Kier molecular flexibility index (Phi) is 7.40. The number of hydrogen-bond acceptors (Lipinski definition) is 6. The number of sulfonamides is 1. The lowest BCUT2D eigenvalue weighted by atomic mass is 10.1. The molecular weight excluding hydrogens is 362 g/mol. The van der Waals surface area contributed by atoms with E-state index >= 15 is 0 Å². The Balaban J connectivity index is 3.09. The van der Waals surface area contributed by atoms with Gasteiger partial charge in [0.25, 0.3) is 11.6 Å². The molecule has 0 spiro atoms. The van der Waals surface area contributed by atoms with Crippen LogP contribution in [0.2, 0.25) is 0 Å². The second-order valence-electron chi connectivity index (χ2n) is 6.34. The first-order valence-electron chi connectivity index (χ1n) is 8.07. The number of nitro benzene ring substituents is 1. The van der Waals surface area contributed by atoms with Crippen molar-refractivity contribution in [1.82, 2.24) is 10.0 Å². The van der Waals surface area contributed by atoms with Crippen LogP contribution in [-0.4, -0.2) is 37.6 Å². The van der Waals surface area contributed by atoms with Gasteiger partial charge in [-0.15, -0.1) is 0 Å². The van der Waals surface area contributed by atoms with Crippen molar-refractivity contribution >= 4 is 27.4 Å². The lowest BCUT2D eigenvalue weighted by Gasteiger charge is -2.11. The number of rotatable bonds is 9. The zero-order valence-electron chi connectivity index (χ0n) is 15.1. The van der Waals surface area contributed by atoms with Gasteiger partial charge in [0.15, 0.2) is 4.90 Å². The van der Waals surface area contributed by atoms with E-state index in [1.807, 2.05) is 0 Å². The van der Waals surface area contributed by atoms with Crippen molar-refractivity contribution in [3.63, 3.8) is 0 Å². The topological polar surface area (TPSA) is 135 Å². The highest BCUT2D eigenvalue weighted by molar-refractivity contribution is 7.89. The minimum atomic E-state index is -4.20. The first-order chi connectivity index (χ1) is 12.0. The van der Waals surface area contributed by atoms with E-state index in [1.165, 1.54) is 6.07 Å². The number of Topliss-reactive ketones (excluding diaryl/α,β-unsaturated/α-hetero) is 1. The Morgan fingerprint density at radius 1 is 1.19 bits per heavy atom. The lowest BCUT2D eigenvalue weighted by Crippen LogP contribution is -2.30. The summed E-state index contributed by atoms with van der Waals surface area (Å²) < 4.78 is 26.9. The second kappa shape index (κ2) is 8.86. The van der Waals surface area contributed by atoms with Gasteiger partial charge in [0.2, 0.25) is 10.0 Å². The summed E-state index contributed by atoms with van der Waals surface area (Å²) in [5.74, 6) is -0.891. The summed E-state index contributed by atoms with van der Waals surface area (Å²) in [6, 6.07) is 2.97. The Bertz CT molecular complexity index is 802. The number of nitro groups is 1. The molecule has 0 radical (unpaired) electrons. The SMILES string of the molecule is CC(C)NC(=O)c1ccc(S(=O)(=O)NCCC(=O)C(C)C)c([N+](=O)[O-])c1. The van der Waals surface area contributed by atoms with E-state index in [1.54, 1.807) is 27.7 Å². The van der Waals surface area contributed by atoms with Crippen LogP contribution in [0.4, 0.5) is 5.69 Å². The smallest absolute Gasteiger partial charge is 0.290 e. The summed E-state index contributed by atoms with van der Waals surface area (Å²) in [4.78, 5) is 33.4. The number of benzene rings is 1. The summed E-state index contributed by atoms with van der Waals surface area (Å²) in [5.41, 5.74) is -0.719.